The summed E-state index contributed by atoms with van der Waals surface area (Å²) in [5, 5.41) is 15.7. The van der Waals surface area contributed by atoms with Gasteiger partial charge >= 0.3 is 0 Å². The summed E-state index contributed by atoms with van der Waals surface area (Å²) in [6.07, 6.45) is 3.30. The molecule has 3 rings (SSSR count). The highest BCUT2D eigenvalue weighted by Crippen LogP contribution is 2.20. The van der Waals surface area contributed by atoms with Gasteiger partial charge in [-0.2, -0.15) is 0 Å². The van der Waals surface area contributed by atoms with Crippen molar-refractivity contribution >= 4 is 22.8 Å². The van der Waals surface area contributed by atoms with E-state index in [0.717, 1.165) is 22.8 Å². The van der Waals surface area contributed by atoms with Crippen LogP contribution in [0.25, 0.3) is 10.9 Å². The highest BCUT2D eigenvalue weighted by Gasteiger charge is 2.02. The van der Waals surface area contributed by atoms with Crippen LogP contribution in [0.4, 0.5) is 10.1 Å². The minimum absolute atomic E-state index is 0.0457. The fourth-order valence-electron chi connectivity index (χ4n) is 2.34. The Hall–Kier alpha value is -3.46. The van der Waals surface area contributed by atoms with Crippen LogP contribution in [-0.4, -0.2) is 27.9 Å². The topological polar surface area (TPSA) is 70.4 Å². The number of nitrogens with zero attached hydrogens (tertiary/aromatic N) is 3. The Morgan fingerprint density at radius 3 is 2.96 bits per heavy atom. The second-order valence-corrected chi connectivity index (χ2v) is 5.16. The Bertz CT molecular complexity index is 971. The lowest BCUT2D eigenvalue weighted by molar-refractivity contribution is 0.321. The van der Waals surface area contributed by atoms with E-state index in [1.165, 1.54) is 12.1 Å². The van der Waals surface area contributed by atoms with Gasteiger partial charge in [-0.1, -0.05) is 29.3 Å². The Balaban J connectivity index is 1.62. The number of rotatable bonds is 4. The third-order valence-corrected chi connectivity index (χ3v) is 3.48. The number of pyridine rings is 2. The summed E-state index contributed by atoms with van der Waals surface area (Å²) >= 11 is 0. The largest absolute Gasteiger partial charge is 0.411 e. The van der Waals surface area contributed by atoms with Crippen LogP contribution in [0, 0.1) is 17.7 Å². The zero-order valence-electron chi connectivity index (χ0n) is 13.3. The molecule has 0 amide bonds. The first-order chi connectivity index (χ1) is 12.3. The molecular formula is C19H15FN4O. The van der Waals surface area contributed by atoms with Crippen LogP contribution in [0.3, 0.4) is 0 Å². The molecule has 25 heavy (non-hydrogen) atoms. The number of oxime groups is 1. The summed E-state index contributed by atoms with van der Waals surface area (Å²) in [6, 6.07) is 12.6. The van der Waals surface area contributed by atoms with Gasteiger partial charge in [0, 0.05) is 30.2 Å². The number of fused-ring (bicyclic) bond motifs is 1. The van der Waals surface area contributed by atoms with E-state index in [-0.39, 0.29) is 5.69 Å². The van der Waals surface area contributed by atoms with E-state index >= 15 is 0 Å². The van der Waals surface area contributed by atoms with E-state index in [1.54, 1.807) is 6.20 Å². The SMILES string of the molecule is ON=Cc1nc(C#CCCNc2ccnc3ccccc23)ccc1F. The van der Waals surface area contributed by atoms with Gasteiger partial charge in [-0.3, -0.25) is 4.98 Å². The predicted octanol–water partition coefficient (Wildman–Crippen LogP) is 3.43. The molecule has 0 spiro atoms. The molecule has 0 saturated carbocycles. The first kappa shape index (κ1) is 16.4. The summed E-state index contributed by atoms with van der Waals surface area (Å²) in [4.78, 5) is 8.29. The Labute approximate surface area is 144 Å². The van der Waals surface area contributed by atoms with E-state index < -0.39 is 5.82 Å². The van der Waals surface area contributed by atoms with Crippen molar-refractivity contribution in [1.29, 1.82) is 0 Å². The number of hydrogen-bond donors (Lipinski definition) is 2. The lowest BCUT2D eigenvalue weighted by Crippen LogP contribution is -2.01. The molecule has 0 aliphatic carbocycles. The number of halogens is 1. The van der Waals surface area contributed by atoms with Gasteiger partial charge < -0.3 is 10.5 Å². The first-order valence-corrected chi connectivity index (χ1v) is 7.68. The highest BCUT2D eigenvalue weighted by atomic mass is 19.1. The number of nitrogens with one attached hydrogen (secondary N) is 1. The molecule has 5 nitrogen and oxygen atoms in total. The van der Waals surface area contributed by atoms with E-state index in [9.17, 15) is 4.39 Å². The molecule has 2 N–H and O–H groups in total. The van der Waals surface area contributed by atoms with Crippen LogP contribution < -0.4 is 5.32 Å². The Morgan fingerprint density at radius 1 is 1.20 bits per heavy atom. The van der Waals surface area contributed by atoms with Crippen molar-refractivity contribution < 1.29 is 9.60 Å². The third-order valence-electron chi connectivity index (χ3n) is 3.48. The Morgan fingerprint density at radius 2 is 2.08 bits per heavy atom. The molecule has 0 saturated heterocycles. The van der Waals surface area contributed by atoms with Crippen LogP contribution in [0.5, 0.6) is 0 Å². The summed E-state index contributed by atoms with van der Waals surface area (Å²) < 4.78 is 13.4. The second kappa shape index (κ2) is 7.88. The van der Waals surface area contributed by atoms with Crippen molar-refractivity contribution in [2.24, 2.45) is 5.16 Å². The van der Waals surface area contributed by atoms with E-state index in [0.29, 0.717) is 18.7 Å². The summed E-state index contributed by atoms with van der Waals surface area (Å²) in [5.41, 5.74) is 2.32. The van der Waals surface area contributed by atoms with Gasteiger partial charge in [-0.25, -0.2) is 9.37 Å². The number of anilines is 1. The maximum absolute atomic E-state index is 13.4. The van der Waals surface area contributed by atoms with Gasteiger partial charge in [0.2, 0.25) is 0 Å². The molecule has 0 aliphatic heterocycles. The molecule has 0 radical (unpaired) electrons. The van der Waals surface area contributed by atoms with Gasteiger partial charge in [-0.15, -0.1) is 0 Å². The molecule has 0 atom stereocenters. The molecule has 124 valence electrons. The van der Waals surface area contributed by atoms with Crippen molar-refractivity contribution in [2.75, 3.05) is 11.9 Å². The summed E-state index contributed by atoms with van der Waals surface area (Å²) in [5.74, 6) is 5.30. The first-order valence-electron chi connectivity index (χ1n) is 7.68. The highest BCUT2D eigenvalue weighted by molar-refractivity contribution is 5.90. The smallest absolute Gasteiger partial charge is 0.150 e. The number of hydrogen-bond acceptors (Lipinski definition) is 5. The van der Waals surface area contributed by atoms with Crippen molar-refractivity contribution in [3.05, 3.63) is 65.9 Å². The van der Waals surface area contributed by atoms with Crippen molar-refractivity contribution in [3.8, 4) is 11.8 Å². The molecule has 6 heteroatoms. The third kappa shape index (κ3) is 4.09. The van der Waals surface area contributed by atoms with Crippen LogP contribution in [0.1, 0.15) is 17.8 Å². The molecule has 1 aromatic carbocycles. The molecule has 2 heterocycles. The number of benzene rings is 1. The zero-order chi connectivity index (χ0) is 17.5. The van der Waals surface area contributed by atoms with Gasteiger partial charge in [0.15, 0.2) is 5.82 Å². The fourth-order valence-corrected chi connectivity index (χ4v) is 2.34. The molecule has 0 fully saturated rings. The lowest BCUT2D eigenvalue weighted by atomic mass is 10.2. The van der Waals surface area contributed by atoms with Gasteiger partial charge in [0.25, 0.3) is 0 Å². The second-order valence-electron chi connectivity index (χ2n) is 5.16. The normalized spacial score (nSPS) is 10.6. The summed E-state index contributed by atoms with van der Waals surface area (Å²) in [6.45, 7) is 0.660. The van der Waals surface area contributed by atoms with Crippen LogP contribution in [-0.2, 0) is 0 Å². The minimum atomic E-state index is -0.561. The minimum Gasteiger partial charge on any atom is -0.411 e. The standard InChI is InChI=1S/C19H15FN4O/c20-16-9-8-14(24-19(16)13-23-25)5-3-4-11-21-18-10-12-22-17-7-2-1-6-15(17)18/h1-2,6-10,12-13,25H,4,11H2,(H,21,22). The zero-order valence-corrected chi connectivity index (χ0v) is 13.3. The quantitative estimate of drug-likeness (QED) is 0.252. The maximum Gasteiger partial charge on any atom is 0.150 e. The Kier molecular flexibility index (Phi) is 5.17. The van der Waals surface area contributed by atoms with Crippen LogP contribution in [0.2, 0.25) is 0 Å². The molecule has 0 bridgehead atoms. The van der Waals surface area contributed by atoms with Gasteiger partial charge in [0.05, 0.1) is 11.7 Å². The van der Waals surface area contributed by atoms with Crippen molar-refractivity contribution in [3.63, 3.8) is 0 Å². The molecule has 0 unspecified atom stereocenters. The van der Waals surface area contributed by atoms with Gasteiger partial charge in [0.1, 0.15) is 11.4 Å². The molecule has 2 aromatic heterocycles. The summed E-state index contributed by atoms with van der Waals surface area (Å²) in [7, 11) is 0. The molecular weight excluding hydrogens is 319 g/mol. The molecule has 3 aromatic rings. The fraction of sp³-hybridized carbons (Fsp3) is 0.105. The average Bonchev–Trinajstić information content (AvgIpc) is 2.64. The lowest BCUT2D eigenvalue weighted by Gasteiger charge is -2.07. The van der Waals surface area contributed by atoms with Gasteiger partial charge in [-0.05, 0) is 30.2 Å². The van der Waals surface area contributed by atoms with E-state index in [2.05, 4.69) is 32.3 Å². The average molecular weight is 334 g/mol. The monoisotopic (exact) mass is 334 g/mol. The predicted molar refractivity (Wildman–Crippen MR) is 95.3 cm³/mol. The number of aromatic nitrogens is 2. The van der Waals surface area contributed by atoms with Crippen molar-refractivity contribution in [1.82, 2.24) is 9.97 Å². The van der Waals surface area contributed by atoms with E-state index in [4.69, 9.17) is 5.21 Å². The van der Waals surface area contributed by atoms with Crippen molar-refractivity contribution in [2.45, 2.75) is 6.42 Å². The maximum atomic E-state index is 13.4. The number of para-hydroxylation sites is 1. The van der Waals surface area contributed by atoms with Crippen LogP contribution in [0.15, 0.2) is 53.8 Å². The van der Waals surface area contributed by atoms with Crippen LogP contribution >= 0.6 is 0 Å². The molecule has 0 aliphatic rings. The van der Waals surface area contributed by atoms with E-state index in [1.807, 2.05) is 30.3 Å².